The Balaban J connectivity index is 0.000000770. The standard InChI is InChI=1S/2C13H26O6.C12H10O3/c2*1-8-13(9-10(14)15,18-16-11(2,3)4)19-17-12(5,6)7;13-9-3-1-5-11(7-9)15-12-6-2-4-10(14)8-12/h2*8-9H2,1-7H3,(H,14,15);1-8,13-14H. The van der Waals surface area contributed by atoms with Crippen molar-refractivity contribution in [2.75, 3.05) is 0 Å². The van der Waals surface area contributed by atoms with E-state index in [0.29, 0.717) is 11.5 Å². The highest BCUT2D eigenvalue weighted by Gasteiger charge is 2.40. The first-order valence-electron chi connectivity index (χ1n) is 17.2. The van der Waals surface area contributed by atoms with Gasteiger partial charge in [0.1, 0.15) is 35.8 Å². The summed E-state index contributed by atoms with van der Waals surface area (Å²) in [6, 6.07) is 13.0. The molecule has 2 aromatic carbocycles. The van der Waals surface area contributed by atoms with Gasteiger partial charge in [-0.05, 0) is 107 Å². The van der Waals surface area contributed by atoms with Crippen LogP contribution in [0.5, 0.6) is 23.0 Å². The Labute approximate surface area is 313 Å². The molecule has 0 atom stereocenters. The minimum Gasteiger partial charge on any atom is -0.508 e. The van der Waals surface area contributed by atoms with Crippen LogP contribution < -0.4 is 4.74 Å². The molecule has 0 aliphatic carbocycles. The zero-order valence-corrected chi connectivity index (χ0v) is 33.7. The number of hydrogen-bond acceptors (Lipinski definition) is 13. The molecule has 0 unspecified atom stereocenters. The Hall–Kier alpha value is -3.54. The Morgan fingerprint density at radius 1 is 0.491 bits per heavy atom. The van der Waals surface area contributed by atoms with Crippen LogP contribution in [0.25, 0.3) is 0 Å². The van der Waals surface area contributed by atoms with Crippen molar-refractivity contribution in [3.05, 3.63) is 48.5 Å². The van der Waals surface area contributed by atoms with E-state index in [4.69, 9.17) is 54.1 Å². The van der Waals surface area contributed by atoms with E-state index < -0.39 is 45.9 Å². The van der Waals surface area contributed by atoms with Crippen molar-refractivity contribution < 1.29 is 73.9 Å². The van der Waals surface area contributed by atoms with Gasteiger partial charge >= 0.3 is 11.9 Å². The Bertz CT molecular complexity index is 1230. The van der Waals surface area contributed by atoms with Crippen molar-refractivity contribution in [2.24, 2.45) is 0 Å². The van der Waals surface area contributed by atoms with E-state index >= 15 is 0 Å². The van der Waals surface area contributed by atoms with Crippen molar-refractivity contribution >= 4 is 11.9 Å². The molecule has 0 saturated heterocycles. The molecule has 0 radical (unpaired) electrons. The van der Waals surface area contributed by atoms with Crippen molar-refractivity contribution in [1.82, 2.24) is 0 Å². The predicted molar refractivity (Wildman–Crippen MR) is 195 cm³/mol. The lowest BCUT2D eigenvalue weighted by molar-refractivity contribution is -0.540. The number of hydrogen-bond donors (Lipinski definition) is 4. The van der Waals surface area contributed by atoms with E-state index in [1.807, 2.05) is 0 Å². The lowest BCUT2D eigenvalue weighted by atomic mass is 10.1. The molecule has 0 bridgehead atoms. The molecule has 0 heterocycles. The molecule has 2 rings (SSSR count). The fourth-order valence-corrected chi connectivity index (χ4v) is 3.13. The van der Waals surface area contributed by atoms with Gasteiger partial charge in [-0.15, -0.1) is 0 Å². The maximum atomic E-state index is 11.0. The van der Waals surface area contributed by atoms with Crippen LogP contribution in [-0.2, 0) is 48.7 Å². The molecule has 2 aromatic rings. The molecule has 0 aromatic heterocycles. The summed E-state index contributed by atoms with van der Waals surface area (Å²) in [6.07, 6.45) is -0.220. The van der Waals surface area contributed by atoms with Gasteiger partial charge < -0.3 is 25.2 Å². The number of phenols is 2. The average Bonchev–Trinajstić information content (AvgIpc) is 2.99. The topological polar surface area (TPSA) is 198 Å². The second-order valence-corrected chi connectivity index (χ2v) is 15.9. The lowest BCUT2D eigenvalue weighted by Gasteiger charge is -2.33. The summed E-state index contributed by atoms with van der Waals surface area (Å²) in [5.74, 6) is -3.70. The zero-order valence-electron chi connectivity index (χ0n) is 33.7. The van der Waals surface area contributed by atoms with Gasteiger partial charge in [-0.25, -0.2) is 19.6 Å². The molecule has 0 saturated carbocycles. The summed E-state index contributed by atoms with van der Waals surface area (Å²) in [6.45, 7) is 25.0. The van der Waals surface area contributed by atoms with Gasteiger partial charge in [0.05, 0.1) is 22.4 Å². The third kappa shape index (κ3) is 25.2. The molecule has 0 fully saturated rings. The molecule has 0 spiro atoms. The van der Waals surface area contributed by atoms with Crippen molar-refractivity contribution in [3.8, 4) is 23.0 Å². The van der Waals surface area contributed by atoms with Crippen molar-refractivity contribution in [1.29, 1.82) is 0 Å². The van der Waals surface area contributed by atoms with E-state index in [1.54, 1.807) is 133 Å². The van der Waals surface area contributed by atoms with Crippen LogP contribution >= 0.6 is 0 Å². The molecule has 15 heteroatoms. The second-order valence-electron chi connectivity index (χ2n) is 15.9. The Morgan fingerprint density at radius 2 is 0.755 bits per heavy atom. The van der Waals surface area contributed by atoms with E-state index in [1.165, 1.54) is 12.1 Å². The maximum absolute atomic E-state index is 11.0. The number of carbonyl (C=O) groups is 2. The molecule has 0 aliphatic heterocycles. The van der Waals surface area contributed by atoms with Gasteiger partial charge in [0, 0.05) is 25.0 Å². The second kappa shape index (κ2) is 21.4. The first-order valence-corrected chi connectivity index (χ1v) is 17.2. The number of rotatable bonds is 16. The molecule has 304 valence electrons. The largest absolute Gasteiger partial charge is 0.508 e. The number of benzene rings is 2. The molecule has 0 amide bonds. The number of phenolic OH excluding ortho intramolecular Hbond substituents is 2. The van der Waals surface area contributed by atoms with E-state index in [0.717, 1.165) is 0 Å². The van der Waals surface area contributed by atoms with Crippen LogP contribution in [0.1, 0.15) is 123 Å². The molecule has 53 heavy (non-hydrogen) atoms. The zero-order chi connectivity index (χ0) is 41.3. The normalized spacial score (nSPS) is 12.6. The van der Waals surface area contributed by atoms with Crippen molar-refractivity contribution in [2.45, 2.75) is 157 Å². The quantitative estimate of drug-likeness (QED) is 0.0718. The van der Waals surface area contributed by atoms with Gasteiger partial charge in [-0.2, -0.15) is 19.6 Å². The van der Waals surface area contributed by atoms with Crippen LogP contribution in [0.4, 0.5) is 0 Å². The summed E-state index contributed by atoms with van der Waals surface area (Å²) in [5, 5.41) is 36.4. The van der Waals surface area contributed by atoms with E-state index in [2.05, 4.69) is 0 Å². The first-order chi connectivity index (χ1) is 24.0. The summed E-state index contributed by atoms with van der Waals surface area (Å²) in [5.41, 5.74) is -2.32. The highest BCUT2D eigenvalue weighted by atomic mass is 17.3. The third-order valence-corrected chi connectivity index (χ3v) is 5.56. The summed E-state index contributed by atoms with van der Waals surface area (Å²) in [7, 11) is 0. The smallest absolute Gasteiger partial charge is 0.309 e. The van der Waals surface area contributed by atoms with Crippen molar-refractivity contribution in [3.63, 3.8) is 0 Å². The maximum Gasteiger partial charge on any atom is 0.309 e. The van der Waals surface area contributed by atoms with E-state index in [-0.39, 0.29) is 37.2 Å². The predicted octanol–water partition coefficient (Wildman–Crippen LogP) is 9.01. The fourth-order valence-electron chi connectivity index (χ4n) is 3.13. The van der Waals surface area contributed by atoms with Crippen LogP contribution in [0.3, 0.4) is 0 Å². The molecule has 4 N–H and O–H groups in total. The highest BCUT2D eigenvalue weighted by Crippen LogP contribution is 2.30. The monoisotopic (exact) mass is 758 g/mol. The number of aromatic hydroxyl groups is 2. The van der Waals surface area contributed by atoms with Crippen LogP contribution in [0.15, 0.2) is 48.5 Å². The summed E-state index contributed by atoms with van der Waals surface area (Å²) >= 11 is 0. The average molecular weight is 759 g/mol. The Morgan fingerprint density at radius 3 is 0.943 bits per heavy atom. The number of aliphatic carboxylic acids is 2. The SMILES string of the molecule is CCC(CC(=O)O)(OOC(C)(C)C)OOC(C)(C)C.CCC(CC(=O)O)(OOC(C)(C)C)OOC(C)(C)C.Oc1cccc(Oc2cccc(O)c2)c1. The lowest BCUT2D eigenvalue weighted by Crippen LogP contribution is -2.42. The van der Waals surface area contributed by atoms with Crippen LogP contribution in [-0.4, -0.2) is 66.3 Å². The molecular weight excluding hydrogens is 696 g/mol. The van der Waals surface area contributed by atoms with Gasteiger partial charge in [0.15, 0.2) is 0 Å². The first kappa shape index (κ1) is 49.5. The van der Waals surface area contributed by atoms with Gasteiger partial charge in [0.2, 0.25) is 11.6 Å². The molecular formula is C38H62O15. The molecule has 0 aliphatic rings. The number of carboxylic acid groups (broad SMARTS) is 2. The van der Waals surface area contributed by atoms with Crippen LogP contribution in [0.2, 0.25) is 0 Å². The highest BCUT2D eigenvalue weighted by molar-refractivity contribution is 5.68. The third-order valence-electron chi connectivity index (χ3n) is 5.56. The number of ether oxygens (including phenoxy) is 1. The van der Waals surface area contributed by atoms with Crippen LogP contribution in [0, 0.1) is 0 Å². The Kier molecular flexibility index (Phi) is 19.9. The summed E-state index contributed by atoms with van der Waals surface area (Å²) < 4.78 is 5.42. The molecule has 15 nitrogen and oxygen atoms in total. The summed E-state index contributed by atoms with van der Waals surface area (Å²) in [4.78, 5) is 63.5. The van der Waals surface area contributed by atoms with Gasteiger partial charge in [-0.1, -0.05) is 26.0 Å². The minimum atomic E-state index is -1.47. The van der Waals surface area contributed by atoms with E-state index in [9.17, 15) is 19.8 Å². The number of carboxylic acids is 2. The fraction of sp³-hybridized carbons (Fsp3) is 0.632. The van der Waals surface area contributed by atoms with Gasteiger partial charge in [-0.3, -0.25) is 9.59 Å². The van der Waals surface area contributed by atoms with Gasteiger partial charge in [0.25, 0.3) is 0 Å². The minimum absolute atomic E-state index is 0.146.